The van der Waals surface area contributed by atoms with Crippen LogP contribution in [-0.4, -0.2) is 27.5 Å². The van der Waals surface area contributed by atoms with Crippen molar-refractivity contribution in [1.82, 2.24) is 10.0 Å². The topological polar surface area (TPSA) is 97.6 Å². The number of furan rings is 1. The average molecular weight is 443 g/mol. The van der Waals surface area contributed by atoms with Crippen LogP contribution in [0.1, 0.15) is 35.0 Å². The number of aryl methyl sites for hydroxylation is 1. The first-order valence-electron chi connectivity index (χ1n) is 9.93. The summed E-state index contributed by atoms with van der Waals surface area (Å²) in [6, 6.07) is 17.0. The van der Waals surface area contributed by atoms with E-state index in [0.29, 0.717) is 11.3 Å². The Morgan fingerprint density at radius 2 is 1.77 bits per heavy atom. The molecule has 0 radical (unpaired) electrons. The maximum atomic E-state index is 12.5. The molecule has 0 saturated heterocycles. The van der Waals surface area contributed by atoms with Crippen LogP contribution < -0.4 is 14.8 Å². The fraction of sp³-hybridized carbons (Fsp3) is 0.261. The zero-order valence-corrected chi connectivity index (χ0v) is 18.3. The molecule has 1 amide bonds. The molecule has 7 nitrogen and oxygen atoms in total. The smallest absolute Gasteiger partial charge is 0.251 e. The summed E-state index contributed by atoms with van der Waals surface area (Å²) in [5.74, 6) is 1.09. The second-order valence-electron chi connectivity index (χ2n) is 7.19. The number of amides is 1. The number of ether oxygens (including phenoxy) is 1. The van der Waals surface area contributed by atoms with Crippen LogP contribution >= 0.6 is 0 Å². The standard InChI is InChI=1S/C23H26N2O5S/c1-17(5-6-18-7-11-20(29-2)12-8-18)25-23(26)19-9-13-22(14-10-19)31(27,28)24-16-21-4-3-15-30-21/h3-4,7-15,17,24H,5-6,16H2,1-2H3,(H,25,26). The summed E-state index contributed by atoms with van der Waals surface area (Å²) in [7, 11) is -2.07. The van der Waals surface area contributed by atoms with Crippen molar-refractivity contribution < 1.29 is 22.4 Å². The molecule has 1 heterocycles. The third kappa shape index (κ3) is 6.44. The number of hydrogen-bond donors (Lipinski definition) is 2. The summed E-state index contributed by atoms with van der Waals surface area (Å²) in [5, 5.41) is 2.95. The molecular formula is C23H26N2O5S. The lowest BCUT2D eigenvalue weighted by atomic mass is 10.1. The molecule has 0 fully saturated rings. The number of benzene rings is 2. The van der Waals surface area contributed by atoms with Gasteiger partial charge < -0.3 is 14.5 Å². The molecular weight excluding hydrogens is 416 g/mol. The van der Waals surface area contributed by atoms with Crippen molar-refractivity contribution >= 4 is 15.9 Å². The summed E-state index contributed by atoms with van der Waals surface area (Å²) in [6.07, 6.45) is 3.08. The highest BCUT2D eigenvalue weighted by atomic mass is 32.2. The molecule has 0 aliphatic heterocycles. The van der Waals surface area contributed by atoms with Crippen molar-refractivity contribution in [2.75, 3.05) is 7.11 Å². The second-order valence-corrected chi connectivity index (χ2v) is 8.96. The Morgan fingerprint density at radius 3 is 2.39 bits per heavy atom. The molecule has 1 unspecified atom stereocenters. The van der Waals surface area contributed by atoms with E-state index >= 15 is 0 Å². The van der Waals surface area contributed by atoms with E-state index < -0.39 is 10.0 Å². The van der Waals surface area contributed by atoms with Gasteiger partial charge in [-0.1, -0.05) is 12.1 Å². The zero-order valence-electron chi connectivity index (χ0n) is 17.5. The molecule has 31 heavy (non-hydrogen) atoms. The second kappa shape index (κ2) is 10.3. The first-order chi connectivity index (χ1) is 14.9. The number of carbonyl (C=O) groups excluding carboxylic acids is 1. The van der Waals surface area contributed by atoms with Crippen molar-refractivity contribution in [1.29, 1.82) is 0 Å². The maximum Gasteiger partial charge on any atom is 0.251 e. The molecule has 3 aromatic rings. The molecule has 0 aliphatic carbocycles. The Balaban J connectivity index is 1.51. The first kappa shape index (κ1) is 22.6. The monoisotopic (exact) mass is 442 g/mol. The Morgan fingerprint density at radius 1 is 1.06 bits per heavy atom. The minimum atomic E-state index is -3.70. The largest absolute Gasteiger partial charge is 0.497 e. The number of methoxy groups -OCH3 is 1. The van der Waals surface area contributed by atoms with Gasteiger partial charge in [0.05, 0.1) is 24.8 Å². The van der Waals surface area contributed by atoms with Crippen LogP contribution in [0.2, 0.25) is 0 Å². The van der Waals surface area contributed by atoms with Gasteiger partial charge in [0, 0.05) is 11.6 Å². The first-order valence-corrected chi connectivity index (χ1v) is 11.4. The van der Waals surface area contributed by atoms with E-state index in [-0.39, 0.29) is 23.4 Å². The van der Waals surface area contributed by atoms with Gasteiger partial charge in [0.15, 0.2) is 0 Å². The molecule has 2 aromatic carbocycles. The summed E-state index contributed by atoms with van der Waals surface area (Å²) in [4.78, 5) is 12.6. The van der Waals surface area contributed by atoms with E-state index in [1.54, 1.807) is 19.2 Å². The predicted octanol–water partition coefficient (Wildman–Crippen LogP) is 3.52. The SMILES string of the molecule is COc1ccc(CCC(C)NC(=O)c2ccc(S(=O)(=O)NCc3ccco3)cc2)cc1. The van der Waals surface area contributed by atoms with E-state index in [2.05, 4.69) is 10.0 Å². The van der Waals surface area contributed by atoms with Crippen molar-refractivity contribution in [3.8, 4) is 5.75 Å². The lowest BCUT2D eigenvalue weighted by Crippen LogP contribution is -2.33. The molecule has 0 aliphatic rings. The lowest BCUT2D eigenvalue weighted by Gasteiger charge is -2.14. The molecule has 8 heteroatoms. The van der Waals surface area contributed by atoms with Crippen LogP contribution in [0.3, 0.4) is 0 Å². The van der Waals surface area contributed by atoms with E-state index in [9.17, 15) is 13.2 Å². The van der Waals surface area contributed by atoms with Crippen molar-refractivity contribution in [3.05, 3.63) is 83.8 Å². The normalized spacial score (nSPS) is 12.3. The predicted molar refractivity (Wildman–Crippen MR) is 117 cm³/mol. The fourth-order valence-corrected chi connectivity index (χ4v) is 4.00. The average Bonchev–Trinajstić information content (AvgIpc) is 3.30. The van der Waals surface area contributed by atoms with Gasteiger partial charge in [-0.3, -0.25) is 4.79 Å². The van der Waals surface area contributed by atoms with Crippen LogP contribution in [0.5, 0.6) is 5.75 Å². The highest BCUT2D eigenvalue weighted by Gasteiger charge is 2.16. The number of sulfonamides is 1. The molecule has 0 spiro atoms. The van der Waals surface area contributed by atoms with Gasteiger partial charge in [0.2, 0.25) is 10.0 Å². The van der Waals surface area contributed by atoms with Crippen LogP contribution in [0, 0.1) is 0 Å². The van der Waals surface area contributed by atoms with Gasteiger partial charge in [-0.2, -0.15) is 0 Å². The maximum absolute atomic E-state index is 12.5. The molecule has 0 saturated carbocycles. The minimum Gasteiger partial charge on any atom is -0.497 e. The minimum absolute atomic E-state index is 0.0343. The van der Waals surface area contributed by atoms with E-state index in [0.717, 1.165) is 18.6 Å². The summed E-state index contributed by atoms with van der Waals surface area (Å²) in [6.45, 7) is 2.00. The van der Waals surface area contributed by atoms with Crippen LogP contribution in [0.15, 0.2) is 76.2 Å². The zero-order chi connectivity index (χ0) is 22.3. The highest BCUT2D eigenvalue weighted by molar-refractivity contribution is 7.89. The summed E-state index contributed by atoms with van der Waals surface area (Å²) < 4.78 is 37.5. The van der Waals surface area contributed by atoms with Gasteiger partial charge in [0.25, 0.3) is 5.91 Å². The number of nitrogens with one attached hydrogen (secondary N) is 2. The van der Waals surface area contributed by atoms with Crippen molar-refractivity contribution in [3.63, 3.8) is 0 Å². The Bertz CT molecular complexity index is 1080. The molecule has 164 valence electrons. The van der Waals surface area contributed by atoms with Crippen LogP contribution in [0.4, 0.5) is 0 Å². The molecule has 0 bridgehead atoms. The van der Waals surface area contributed by atoms with Gasteiger partial charge in [-0.05, 0) is 73.9 Å². The summed E-state index contributed by atoms with van der Waals surface area (Å²) >= 11 is 0. The van der Waals surface area contributed by atoms with Gasteiger partial charge in [-0.15, -0.1) is 0 Å². The molecule has 1 aromatic heterocycles. The molecule has 2 N–H and O–H groups in total. The Hall–Kier alpha value is -3.10. The van der Waals surface area contributed by atoms with Crippen LogP contribution in [-0.2, 0) is 23.0 Å². The van der Waals surface area contributed by atoms with Gasteiger partial charge >= 0.3 is 0 Å². The third-order valence-corrected chi connectivity index (χ3v) is 6.26. The highest BCUT2D eigenvalue weighted by Crippen LogP contribution is 2.14. The lowest BCUT2D eigenvalue weighted by molar-refractivity contribution is 0.0938. The fourth-order valence-electron chi connectivity index (χ4n) is 3.00. The van der Waals surface area contributed by atoms with Gasteiger partial charge in [-0.25, -0.2) is 13.1 Å². The molecule has 1 atom stereocenters. The van der Waals surface area contributed by atoms with E-state index in [1.807, 2.05) is 31.2 Å². The van der Waals surface area contributed by atoms with E-state index in [1.165, 1.54) is 36.1 Å². The summed E-state index contributed by atoms with van der Waals surface area (Å²) in [5.41, 5.74) is 1.57. The van der Waals surface area contributed by atoms with Crippen molar-refractivity contribution in [2.45, 2.75) is 37.2 Å². The number of rotatable bonds is 10. The number of carbonyl (C=O) groups is 1. The Kier molecular flexibility index (Phi) is 7.49. The third-order valence-electron chi connectivity index (χ3n) is 4.85. The molecule has 3 rings (SSSR count). The van der Waals surface area contributed by atoms with Crippen LogP contribution in [0.25, 0.3) is 0 Å². The van der Waals surface area contributed by atoms with Gasteiger partial charge in [0.1, 0.15) is 11.5 Å². The number of hydrogen-bond acceptors (Lipinski definition) is 5. The van der Waals surface area contributed by atoms with E-state index in [4.69, 9.17) is 9.15 Å². The van der Waals surface area contributed by atoms with Crippen molar-refractivity contribution in [2.24, 2.45) is 0 Å². The Labute approximate surface area is 182 Å². The quantitative estimate of drug-likeness (QED) is 0.501.